The van der Waals surface area contributed by atoms with Crippen molar-refractivity contribution in [2.24, 2.45) is 0 Å². The van der Waals surface area contributed by atoms with Crippen LogP contribution in [0.1, 0.15) is 6.42 Å². The van der Waals surface area contributed by atoms with Crippen LogP contribution in [0.5, 0.6) is 0 Å². The van der Waals surface area contributed by atoms with Gasteiger partial charge in [0.2, 0.25) is 0 Å². The Morgan fingerprint density at radius 1 is 1.50 bits per heavy atom. The highest BCUT2D eigenvalue weighted by molar-refractivity contribution is 4.79. The van der Waals surface area contributed by atoms with Crippen molar-refractivity contribution in [2.45, 2.75) is 18.6 Å². The average molecular weight is 182 g/mol. The summed E-state index contributed by atoms with van der Waals surface area (Å²) in [5.41, 5.74) is 0. The molecule has 0 spiro atoms. The highest BCUT2D eigenvalue weighted by atomic mass is 19.4. The third-order valence-corrected chi connectivity index (χ3v) is 1.98. The molecule has 1 saturated heterocycles. The molecular weight excluding hydrogens is 169 g/mol. The molecule has 0 unspecified atom stereocenters. The molecule has 0 aromatic carbocycles. The van der Waals surface area contributed by atoms with E-state index < -0.39 is 12.7 Å². The topological polar surface area (TPSA) is 15.3 Å². The lowest BCUT2D eigenvalue weighted by atomic mass is 10.2. The summed E-state index contributed by atoms with van der Waals surface area (Å²) in [4.78, 5) is 2.02. The first-order valence-electron chi connectivity index (χ1n) is 3.96. The van der Waals surface area contributed by atoms with Crippen molar-refractivity contribution in [1.82, 2.24) is 10.2 Å². The third kappa shape index (κ3) is 3.40. The number of hydrogen-bond donors (Lipinski definition) is 1. The second kappa shape index (κ2) is 3.62. The van der Waals surface area contributed by atoms with Crippen LogP contribution in [0.3, 0.4) is 0 Å². The van der Waals surface area contributed by atoms with E-state index in [-0.39, 0.29) is 6.04 Å². The number of likely N-dealkylation sites (N-methyl/N-ethyl adjacent to an activating group) is 1. The van der Waals surface area contributed by atoms with Crippen molar-refractivity contribution in [3.63, 3.8) is 0 Å². The summed E-state index contributed by atoms with van der Waals surface area (Å²) in [6, 6.07) is 0.0108. The predicted octanol–water partition coefficient (Wildman–Crippen LogP) is 0.842. The number of nitrogens with one attached hydrogen (secondary N) is 1. The van der Waals surface area contributed by atoms with Crippen LogP contribution in [-0.2, 0) is 0 Å². The zero-order valence-electron chi connectivity index (χ0n) is 6.99. The first kappa shape index (κ1) is 9.80. The minimum absolute atomic E-state index is 0.0108. The zero-order chi connectivity index (χ0) is 9.19. The van der Waals surface area contributed by atoms with Gasteiger partial charge in [0.25, 0.3) is 0 Å². The van der Waals surface area contributed by atoms with Crippen LogP contribution in [0, 0.1) is 0 Å². The van der Waals surface area contributed by atoms with Gasteiger partial charge in [-0.25, -0.2) is 0 Å². The summed E-state index contributed by atoms with van der Waals surface area (Å²) in [7, 11) is 1.91. The van der Waals surface area contributed by atoms with Gasteiger partial charge in [0.05, 0.1) is 6.54 Å². The van der Waals surface area contributed by atoms with Crippen LogP contribution in [-0.4, -0.2) is 43.8 Å². The number of hydrogen-bond acceptors (Lipinski definition) is 2. The summed E-state index contributed by atoms with van der Waals surface area (Å²) < 4.78 is 35.2. The smallest absolute Gasteiger partial charge is 0.305 e. The number of nitrogens with zero attached hydrogens (tertiary/aromatic N) is 1. The van der Waals surface area contributed by atoms with E-state index in [2.05, 4.69) is 5.32 Å². The fourth-order valence-electron chi connectivity index (χ4n) is 1.36. The molecule has 0 aromatic heterocycles. The van der Waals surface area contributed by atoms with Gasteiger partial charge in [-0.3, -0.25) is 0 Å². The lowest BCUT2D eigenvalue weighted by Crippen LogP contribution is -2.38. The molecule has 0 amide bonds. The number of rotatable bonds is 2. The maximum Gasteiger partial charge on any atom is 0.401 e. The molecule has 5 heteroatoms. The number of likely N-dealkylation sites (tertiary alicyclic amines) is 1. The molecule has 0 aromatic rings. The molecule has 1 aliphatic heterocycles. The third-order valence-electron chi connectivity index (χ3n) is 1.98. The van der Waals surface area contributed by atoms with E-state index in [0.29, 0.717) is 0 Å². The molecule has 1 atom stereocenters. The number of alkyl halides is 3. The predicted molar refractivity (Wildman–Crippen MR) is 40.0 cm³/mol. The number of halogens is 3. The molecule has 12 heavy (non-hydrogen) atoms. The second-order valence-corrected chi connectivity index (χ2v) is 3.24. The van der Waals surface area contributed by atoms with Crippen molar-refractivity contribution in [3.8, 4) is 0 Å². The Hall–Kier alpha value is -0.290. The van der Waals surface area contributed by atoms with Crippen molar-refractivity contribution in [2.75, 3.05) is 26.7 Å². The summed E-state index contributed by atoms with van der Waals surface area (Å²) in [5.74, 6) is 0. The minimum atomic E-state index is -4.08. The zero-order valence-corrected chi connectivity index (χ0v) is 6.99. The minimum Gasteiger partial charge on any atom is -0.305 e. The average Bonchev–Trinajstić information content (AvgIpc) is 2.30. The molecule has 1 aliphatic rings. The van der Waals surface area contributed by atoms with Gasteiger partial charge >= 0.3 is 6.18 Å². The Balaban J connectivity index is 2.16. The molecule has 72 valence electrons. The molecule has 0 bridgehead atoms. The van der Waals surface area contributed by atoms with Crippen LogP contribution in [0.25, 0.3) is 0 Å². The molecule has 1 heterocycles. The van der Waals surface area contributed by atoms with Crippen LogP contribution < -0.4 is 5.32 Å². The van der Waals surface area contributed by atoms with Crippen molar-refractivity contribution < 1.29 is 13.2 Å². The fraction of sp³-hybridized carbons (Fsp3) is 1.00. The largest absolute Gasteiger partial charge is 0.401 e. The summed E-state index contributed by atoms with van der Waals surface area (Å²) >= 11 is 0. The first-order chi connectivity index (χ1) is 5.47. The van der Waals surface area contributed by atoms with Gasteiger partial charge in [-0.1, -0.05) is 0 Å². The normalized spacial score (nSPS) is 26.5. The molecule has 1 rings (SSSR count). The lowest BCUT2D eigenvalue weighted by molar-refractivity contribution is -0.126. The van der Waals surface area contributed by atoms with Crippen molar-refractivity contribution >= 4 is 0 Å². The molecule has 0 aliphatic carbocycles. The van der Waals surface area contributed by atoms with E-state index in [1.807, 2.05) is 11.9 Å². The molecule has 0 saturated carbocycles. The van der Waals surface area contributed by atoms with E-state index in [4.69, 9.17) is 0 Å². The Labute approximate surface area is 69.7 Å². The van der Waals surface area contributed by atoms with E-state index in [1.165, 1.54) is 0 Å². The van der Waals surface area contributed by atoms with E-state index in [1.54, 1.807) is 0 Å². The van der Waals surface area contributed by atoms with Gasteiger partial charge in [-0.15, -0.1) is 0 Å². The van der Waals surface area contributed by atoms with Crippen LogP contribution in [0.4, 0.5) is 13.2 Å². The van der Waals surface area contributed by atoms with Crippen LogP contribution >= 0.6 is 0 Å². The van der Waals surface area contributed by atoms with Crippen LogP contribution in [0.15, 0.2) is 0 Å². The standard InChI is InChI=1S/C7H13F3N2/c1-12-3-2-6(4-12)11-5-7(8,9)10/h6,11H,2-5H2,1H3/t6-/m1/s1. The molecule has 1 fully saturated rings. The van der Waals surface area contributed by atoms with E-state index in [9.17, 15) is 13.2 Å². The Morgan fingerprint density at radius 3 is 2.58 bits per heavy atom. The Morgan fingerprint density at radius 2 is 2.17 bits per heavy atom. The SMILES string of the molecule is CN1CC[C@@H](NCC(F)(F)F)C1. The van der Waals surface area contributed by atoms with Gasteiger partial charge in [0.15, 0.2) is 0 Å². The van der Waals surface area contributed by atoms with E-state index >= 15 is 0 Å². The maximum absolute atomic E-state index is 11.7. The monoisotopic (exact) mass is 182 g/mol. The summed E-state index contributed by atoms with van der Waals surface area (Å²) in [6.45, 7) is 0.733. The van der Waals surface area contributed by atoms with E-state index in [0.717, 1.165) is 19.5 Å². The second-order valence-electron chi connectivity index (χ2n) is 3.24. The lowest BCUT2D eigenvalue weighted by Gasteiger charge is -2.14. The first-order valence-corrected chi connectivity index (χ1v) is 3.96. The summed E-state index contributed by atoms with van der Waals surface area (Å²) in [6.07, 6.45) is -3.27. The Kier molecular flexibility index (Phi) is 2.95. The Bertz CT molecular complexity index is 146. The maximum atomic E-state index is 11.7. The van der Waals surface area contributed by atoms with Gasteiger partial charge < -0.3 is 10.2 Å². The quantitative estimate of drug-likeness (QED) is 0.680. The molecule has 0 radical (unpaired) electrons. The summed E-state index contributed by atoms with van der Waals surface area (Å²) in [5, 5.41) is 2.49. The molecule has 2 nitrogen and oxygen atoms in total. The highest BCUT2D eigenvalue weighted by Gasteiger charge is 2.29. The van der Waals surface area contributed by atoms with Crippen LogP contribution in [0.2, 0.25) is 0 Å². The van der Waals surface area contributed by atoms with Gasteiger partial charge in [-0.2, -0.15) is 13.2 Å². The van der Waals surface area contributed by atoms with Crippen molar-refractivity contribution in [1.29, 1.82) is 0 Å². The highest BCUT2D eigenvalue weighted by Crippen LogP contribution is 2.14. The van der Waals surface area contributed by atoms with Gasteiger partial charge in [0, 0.05) is 12.6 Å². The van der Waals surface area contributed by atoms with Gasteiger partial charge in [0.1, 0.15) is 0 Å². The fourth-order valence-corrected chi connectivity index (χ4v) is 1.36. The molecular formula is C7H13F3N2. The molecule has 1 N–H and O–H groups in total. The van der Waals surface area contributed by atoms with Crippen molar-refractivity contribution in [3.05, 3.63) is 0 Å². The van der Waals surface area contributed by atoms with Gasteiger partial charge in [-0.05, 0) is 20.0 Å².